The quantitative estimate of drug-likeness (QED) is 0.875. The number of hydrogen-bond acceptors (Lipinski definition) is 3. The predicted octanol–water partition coefficient (Wildman–Crippen LogP) is 2.38. The average molecular weight is 303 g/mol. The predicted molar refractivity (Wildman–Crippen MR) is 80.1 cm³/mol. The molecule has 0 heterocycles. The van der Waals surface area contributed by atoms with Crippen LogP contribution in [0.3, 0.4) is 0 Å². The van der Waals surface area contributed by atoms with Gasteiger partial charge in [-0.3, -0.25) is 9.59 Å². The van der Waals surface area contributed by atoms with Crippen molar-refractivity contribution < 1.29 is 19.8 Å². The van der Waals surface area contributed by atoms with Crippen LogP contribution in [0, 0.1) is 11.8 Å². The fourth-order valence-corrected chi connectivity index (χ4v) is 3.24. The van der Waals surface area contributed by atoms with Gasteiger partial charge in [0.1, 0.15) is 5.75 Å². The van der Waals surface area contributed by atoms with E-state index in [4.69, 9.17) is 5.11 Å². The maximum Gasteiger partial charge on any atom is 0.306 e. The Morgan fingerprint density at radius 1 is 1.05 bits per heavy atom. The zero-order valence-electron chi connectivity index (χ0n) is 12.4. The summed E-state index contributed by atoms with van der Waals surface area (Å²) in [5.41, 5.74) is 0.992. The van der Waals surface area contributed by atoms with E-state index in [1.54, 1.807) is 12.1 Å². The average Bonchev–Trinajstić information content (AvgIpc) is 3.21. The molecule has 2 aliphatic carbocycles. The number of carbonyl (C=O) groups is 2. The van der Waals surface area contributed by atoms with Crippen molar-refractivity contribution in [2.24, 2.45) is 11.8 Å². The number of aliphatic carboxylic acids is 1. The van der Waals surface area contributed by atoms with Gasteiger partial charge in [0.25, 0.3) is 0 Å². The van der Waals surface area contributed by atoms with Crippen LogP contribution in [-0.2, 0) is 16.1 Å². The Kier molecular flexibility index (Phi) is 4.05. The number of phenolic OH excluding ortho intramolecular Hbond substituents is 1. The van der Waals surface area contributed by atoms with Crippen LogP contribution in [0.1, 0.15) is 37.7 Å². The molecule has 0 radical (unpaired) electrons. The summed E-state index contributed by atoms with van der Waals surface area (Å²) < 4.78 is 0. The van der Waals surface area contributed by atoms with E-state index in [2.05, 4.69) is 0 Å². The maximum atomic E-state index is 12.8. The summed E-state index contributed by atoms with van der Waals surface area (Å²) >= 11 is 0. The number of phenols is 1. The molecule has 0 spiro atoms. The first kappa shape index (κ1) is 14.9. The molecule has 1 aromatic carbocycles. The summed E-state index contributed by atoms with van der Waals surface area (Å²) in [6.45, 7) is 0.540. The van der Waals surface area contributed by atoms with E-state index < -0.39 is 5.97 Å². The molecule has 2 aliphatic rings. The summed E-state index contributed by atoms with van der Waals surface area (Å²) in [7, 11) is 0. The molecule has 2 saturated carbocycles. The van der Waals surface area contributed by atoms with Crippen LogP contribution >= 0.6 is 0 Å². The van der Waals surface area contributed by atoms with Crippen molar-refractivity contribution in [2.75, 3.05) is 0 Å². The number of rotatable bonds is 5. The molecular formula is C17H21NO4. The van der Waals surface area contributed by atoms with E-state index in [0.717, 1.165) is 18.4 Å². The SMILES string of the molecule is O=C(O)[C@H]1CC[C@@H](C(=O)N(Cc2ccc(O)cc2)C2CC2)C1. The largest absolute Gasteiger partial charge is 0.508 e. The number of hydrogen-bond donors (Lipinski definition) is 2. The molecular weight excluding hydrogens is 282 g/mol. The zero-order chi connectivity index (χ0) is 15.7. The summed E-state index contributed by atoms with van der Waals surface area (Å²) in [5.74, 6) is -0.998. The maximum absolute atomic E-state index is 12.8. The molecule has 0 bridgehead atoms. The minimum atomic E-state index is -0.785. The lowest BCUT2D eigenvalue weighted by molar-refractivity contribution is -0.141. The van der Waals surface area contributed by atoms with E-state index >= 15 is 0 Å². The third kappa shape index (κ3) is 3.24. The van der Waals surface area contributed by atoms with Crippen LogP contribution in [0.5, 0.6) is 5.75 Å². The van der Waals surface area contributed by atoms with Gasteiger partial charge in [0.2, 0.25) is 5.91 Å². The molecule has 2 atom stereocenters. The van der Waals surface area contributed by atoms with Gasteiger partial charge < -0.3 is 15.1 Å². The fraction of sp³-hybridized carbons (Fsp3) is 0.529. The van der Waals surface area contributed by atoms with E-state index in [0.29, 0.717) is 31.8 Å². The smallest absolute Gasteiger partial charge is 0.306 e. The molecule has 5 nitrogen and oxygen atoms in total. The fourth-order valence-electron chi connectivity index (χ4n) is 3.24. The minimum Gasteiger partial charge on any atom is -0.508 e. The standard InChI is InChI=1S/C17H21NO4/c19-15-7-1-11(2-8-15)10-18(14-5-6-14)16(20)12-3-4-13(9-12)17(21)22/h1-2,7-8,12-14,19H,3-6,9-10H2,(H,21,22)/t12-,13+/m1/s1. The lowest BCUT2D eigenvalue weighted by Gasteiger charge is -2.26. The van der Waals surface area contributed by atoms with Crippen molar-refractivity contribution in [1.29, 1.82) is 0 Å². The Labute approximate surface area is 129 Å². The lowest BCUT2D eigenvalue weighted by atomic mass is 10.0. The summed E-state index contributed by atoms with van der Waals surface area (Å²) in [5, 5.41) is 18.4. The van der Waals surface area contributed by atoms with Gasteiger partial charge in [-0.15, -0.1) is 0 Å². The van der Waals surface area contributed by atoms with Gasteiger partial charge >= 0.3 is 5.97 Å². The summed E-state index contributed by atoms with van der Waals surface area (Å²) in [6.07, 6.45) is 3.79. The van der Waals surface area contributed by atoms with Crippen molar-refractivity contribution in [1.82, 2.24) is 4.90 Å². The molecule has 0 aromatic heterocycles. The van der Waals surface area contributed by atoms with Crippen LogP contribution in [0.25, 0.3) is 0 Å². The first-order valence-corrected chi connectivity index (χ1v) is 7.86. The normalized spacial score (nSPS) is 24.2. The Balaban J connectivity index is 1.67. The highest BCUT2D eigenvalue weighted by molar-refractivity contribution is 5.81. The molecule has 1 aromatic rings. The second kappa shape index (κ2) is 5.99. The number of carboxylic acids is 1. The Morgan fingerprint density at radius 2 is 1.68 bits per heavy atom. The van der Waals surface area contributed by atoms with Gasteiger partial charge in [-0.2, -0.15) is 0 Å². The van der Waals surface area contributed by atoms with Crippen molar-refractivity contribution in [3.8, 4) is 5.75 Å². The third-order valence-electron chi connectivity index (χ3n) is 4.69. The van der Waals surface area contributed by atoms with Gasteiger partial charge in [0, 0.05) is 18.5 Å². The Bertz CT molecular complexity index is 565. The van der Waals surface area contributed by atoms with Crippen LogP contribution < -0.4 is 0 Å². The van der Waals surface area contributed by atoms with Gasteiger partial charge in [-0.1, -0.05) is 12.1 Å². The third-order valence-corrected chi connectivity index (χ3v) is 4.69. The summed E-state index contributed by atoms with van der Waals surface area (Å²) in [6, 6.07) is 7.20. The Morgan fingerprint density at radius 3 is 2.23 bits per heavy atom. The lowest BCUT2D eigenvalue weighted by Crippen LogP contribution is -2.36. The second-order valence-electron chi connectivity index (χ2n) is 6.41. The number of carbonyl (C=O) groups excluding carboxylic acids is 1. The monoisotopic (exact) mass is 303 g/mol. The molecule has 22 heavy (non-hydrogen) atoms. The van der Waals surface area contributed by atoms with Crippen LogP contribution in [0.15, 0.2) is 24.3 Å². The van der Waals surface area contributed by atoms with Crippen molar-refractivity contribution in [3.05, 3.63) is 29.8 Å². The molecule has 0 aliphatic heterocycles. The van der Waals surface area contributed by atoms with Gasteiger partial charge in [-0.05, 0) is 49.8 Å². The van der Waals surface area contributed by atoms with Crippen LogP contribution in [0.4, 0.5) is 0 Å². The van der Waals surface area contributed by atoms with Gasteiger partial charge in [0.05, 0.1) is 5.92 Å². The number of amides is 1. The van der Waals surface area contributed by atoms with E-state index in [9.17, 15) is 14.7 Å². The van der Waals surface area contributed by atoms with Crippen molar-refractivity contribution in [3.63, 3.8) is 0 Å². The number of aromatic hydroxyl groups is 1. The molecule has 2 N–H and O–H groups in total. The molecule has 2 fully saturated rings. The molecule has 0 unspecified atom stereocenters. The van der Waals surface area contributed by atoms with E-state index in [1.807, 2.05) is 17.0 Å². The van der Waals surface area contributed by atoms with Gasteiger partial charge in [0.15, 0.2) is 0 Å². The molecule has 3 rings (SSSR count). The van der Waals surface area contributed by atoms with Crippen LogP contribution in [-0.4, -0.2) is 33.0 Å². The highest BCUT2D eigenvalue weighted by Crippen LogP contribution is 2.36. The summed E-state index contributed by atoms with van der Waals surface area (Å²) in [4.78, 5) is 25.7. The second-order valence-corrected chi connectivity index (χ2v) is 6.41. The first-order chi connectivity index (χ1) is 10.5. The molecule has 118 valence electrons. The molecule has 5 heteroatoms. The number of nitrogens with zero attached hydrogens (tertiary/aromatic N) is 1. The molecule has 1 amide bonds. The van der Waals surface area contributed by atoms with Gasteiger partial charge in [-0.25, -0.2) is 0 Å². The topological polar surface area (TPSA) is 77.8 Å². The minimum absolute atomic E-state index is 0.0966. The Hall–Kier alpha value is -2.04. The highest BCUT2D eigenvalue weighted by atomic mass is 16.4. The zero-order valence-corrected chi connectivity index (χ0v) is 12.4. The number of carboxylic acid groups (broad SMARTS) is 1. The van der Waals surface area contributed by atoms with Crippen LogP contribution in [0.2, 0.25) is 0 Å². The first-order valence-electron chi connectivity index (χ1n) is 7.86. The highest BCUT2D eigenvalue weighted by Gasteiger charge is 2.40. The van der Waals surface area contributed by atoms with E-state index in [-0.39, 0.29) is 23.5 Å². The van der Waals surface area contributed by atoms with Crippen molar-refractivity contribution >= 4 is 11.9 Å². The molecule has 0 saturated heterocycles. The number of benzene rings is 1. The van der Waals surface area contributed by atoms with E-state index in [1.165, 1.54) is 0 Å². The van der Waals surface area contributed by atoms with Crippen molar-refractivity contribution in [2.45, 2.75) is 44.7 Å².